The van der Waals surface area contributed by atoms with E-state index < -0.39 is 6.16 Å². The molecule has 2 aliphatic carbocycles. The van der Waals surface area contributed by atoms with E-state index in [0.717, 1.165) is 5.92 Å². The van der Waals surface area contributed by atoms with Crippen LogP contribution in [0.5, 0.6) is 0 Å². The van der Waals surface area contributed by atoms with Crippen molar-refractivity contribution in [2.45, 2.75) is 52.9 Å². The molecule has 2 fully saturated rings. The fourth-order valence-electron chi connectivity index (χ4n) is 4.43. The van der Waals surface area contributed by atoms with Crippen molar-refractivity contribution in [3.63, 3.8) is 0 Å². The first-order valence-electron chi connectivity index (χ1n) is 8.29. The van der Waals surface area contributed by atoms with Crippen LogP contribution in [0.1, 0.15) is 47.9 Å². The molecule has 1 aromatic carbocycles. The third-order valence-corrected chi connectivity index (χ3v) is 5.34. The Bertz CT molecular complexity index is 578. The summed E-state index contributed by atoms with van der Waals surface area (Å²) >= 11 is 0. The molecule has 3 rings (SSSR count). The zero-order valence-electron chi connectivity index (χ0n) is 14.1. The van der Waals surface area contributed by atoms with Crippen molar-refractivity contribution in [1.29, 1.82) is 0 Å². The molecule has 0 aromatic heterocycles. The third kappa shape index (κ3) is 4.34. The molecule has 0 saturated heterocycles. The lowest BCUT2D eigenvalue weighted by atomic mass is 9.82. The molecular weight excluding hydrogens is 292 g/mol. The Kier molecular flexibility index (Phi) is 5.45. The monoisotopic (exact) mass is 318 g/mol. The van der Waals surface area contributed by atoms with Gasteiger partial charge in [-0.15, -0.1) is 0 Å². The predicted molar refractivity (Wildman–Crippen MR) is 89.0 cm³/mol. The van der Waals surface area contributed by atoms with Crippen molar-refractivity contribution in [3.05, 3.63) is 34.4 Å². The fourth-order valence-corrected chi connectivity index (χ4v) is 4.43. The minimum atomic E-state index is -1.83. The number of carboxylic acid groups (broad SMARTS) is 2. The van der Waals surface area contributed by atoms with Gasteiger partial charge in [-0.3, -0.25) is 4.79 Å². The zero-order chi connectivity index (χ0) is 17.1. The molecule has 2 bridgehead atoms. The smallest absolute Gasteiger partial charge is 0.450 e. The van der Waals surface area contributed by atoms with Crippen LogP contribution in [0.4, 0.5) is 4.79 Å². The number of hydrogen-bond donors (Lipinski definition) is 2. The second-order valence-corrected chi connectivity index (χ2v) is 7.08. The Morgan fingerprint density at radius 1 is 1.04 bits per heavy atom. The van der Waals surface area contributed by atoms with E-state index in [2.05, 4.69) is 32.9 Å². The van der Waals surface area contributed by atoms with Gasteiger partial charge in [0.25, 0.3) is 0 Å². The lowest BCUT2D eigenvalue weighted by molar-refractivity contribution is -0.123. The standard InChI is InChI=1S/C18H24O.CH2O3/c1-11-6-12(2)16(13(3)7-11)10-18(19)17-9-14-4-5-15(17)8-14;2-1(3)4/h6-7,14-15,17H,4-5,8-10H2,1-3H3;(H2,2,3,4). The first-order chi connectivity index (χ1) is 10.8. The van der Waals surface area contributed by atoms with Crippen molar-refractivity contribution in [1.82, 2.24) is 0 Å². The molecule has 0 spiro atoms. The predicted octanol–water partition coefficient (Wildman–Crippen LogP) is 4.38. The van der Waals surface area contributed by atoms with Gasteiger partial charge in [0.2, 0.25) is 0 Å². The number of carbonyl (C=O) groups excluding carboxylic acids is 1. The van der Waals surface area contributed by atoms with Crippen LogP contribution >= 0.6 is 0 Å². The molecule has 2 N–H and O–H groups in total. The maximum absolute atomic E-state index is 12.6. The van der Waals surface area contributed by atoms with Gasteiger partial charge in [0.05, 0.1) is 0 Å². The molecule has 3 atom stereocenters. The van der Waals surface area contributed by atoms with Gasteiger partial charge in [-0.2, -0.15) is 0 Å². The van der Waals surface area contributed by atoms with Crippen LogP contribution in [-0.2, 0) is 11.2 Å². The number of fused-ring (bicyclic) bond motifs is 2. The molecular formula is C19H26O4. The van der Waals surface area contributed by atoms with E-state index in [1.807, 2.05) is 0 Å². The number of benzene rings is 1. The lowest BCUT2D eigenvalue weighted by Crippen LogP contribution is -2.23. The van der Waals surface area contributed by atoms with E-state index in [-0.39, 0.29) is 0 Å². The highest BCUT2D eigenvalue weighted by Crippen LogP contribution is 2.48. The third-order valence-electron chi connectivity index (χ3n) is 5.34. The molecule has 23 heavy (non-hydrogen) atoms. The van der Waals surface area contributed by atoms with Crippen LogP contribution in [0.25, 0.3) is 0 Å². The Balaban J connectivity index is 0.000000433. The molecule has 2 saturated carbocycles. The molecule has 0 heterocycles. The highest BCUT2D eigenvalue weighted by atomic mass is 16.6. The van der Waals surface area contributed by atoms with Crippen LogP contribution in [0.3, 0.4) is 0 Å². The highest BCUT2D eigenvalue weighted by molar-refractivity contribution is 5.84. The Morgan fingerprint density at radius 3 is 2.04 bits per heavy atom. The number of hydrogen-bond acceptors (Lipinski definition) is 2. The van der Waals surface area contributed by atoms with Crippen LogP contribution in [0.15, 0.2) is 12.1 Å². The van der Waals surface area contributed by atoms with Gasteiger partial charge in [0.15, 0.2) is 0 Å². The topological polar surface area (TPSA) is 74.6 Å². The minimum Gasteiger partial charge on any atom is -0.450 e. The zero-order valence-corrected chi connectivity index (χ0v) is 14.1. The van der Waals surface area contributed by atoms with E-state index >= 15 is 0 Å². The maximum Gasteiger partial charge on any atom is 0.503 e. The first kappa shape index (κ1) is 17.5. The van der Waals surface area contributed by atoms with Gasteiger partial charge in [-0.05, 0) is 68.6 Å². The number of ketones is 1. The average Bonchev–Trinajstić information content (AvgIpc) is 3.04. The largest absolute Gasteiger partial charge is 0.503 e. The maximum atomic E-state index is 12.6. The highest BCUT2D eigenvalue weighted by Gasteiger charge is 2.42. The summed E-state index contributed by atoms with van der Waals surface area (Å²) in [6.45, 7) is 6.41. The molecule has 126 valence electrons. The first-order valence-corrected chi connectivity index (χ1v) is 8.29. The summed E-state index contributed by atoms with van der Waals surface area (Å²) in [5.41, 5.74) is 5.15. The van der Waals surface area contributed by atoms with Crippen LogP contribution in [-0.4, -0.2) is 22.2 Å². The molecule has 1 aromatic rings. The van der Waals surface area contributed by atoms with E-state index in [1.54, 1.807) is 0 Å². The average molecular weight is 318 g/mol. The molecule has 3 unspecified atom stereocenters. The normalized spacial score (nSPS) is 24.9. The summed E-state index contributed by atoms with van der Waals surface area (Å²) in [5.74, 6) is 2.45. The number of rotatable bonds is 3. The quantitative estimate of drug-likeness (QED) is 0.867. The van der Waals surface area contributed by atoms with E-state index in [1.165, 1.54) is 47.9 Å². The van der Waals surface area contributed by atoms with Crippen LogP contribution in [0, 0.1) is 38.5 Å². The molecule has 0 aliphatic heterocycles. The van der Waals surface area contributed by atoms with Gasteiger partial charge >= 0.3 is 6.16 Å². The second-order valence-electron chi connectivity index (χ2n) is 7.08. The number of carbonyl (C=O) groups is 2. The fraction of sp³-hybridized carbons (Fsp3) is 0.579. The van der Waals surface area contributed by atoms with Crippen molar-refractivity contribution < 1.29 is 19.8 Å². The summed E-state index contributed by atoms with van der Waals surface area (Å²) in [6, 6.07) is 4.41. The van der Waals surface area contributed by atoms with Gasteiger partial charge < -0.3 is 10.2 Å². The number of aryl methyl sites for hydroxylation is 3. The van der Waals surface area contributed by atoms with Crippen molar-refractivity contribution in [2.24, 2.45) is 17.8 Å². The second kappa shape index (κ2) is 7.16. The van der Waals surface area contributed by atoms with Crippen molar-refractivity contribution in [2.75, 3.05) is 0 Å². The van der Waals surface area contributed by atoms with E-state index in [0.29, 0.717) is 24.0 Å². The lowest BCUT2D eigenvalue weighted by Gasteiger charge is -2.21. The van der Waals surface area contributed by atoms with E-state index in [4.69, 9.17) is 15.0 Å². The van der Waals surface area contributed by atoms with Crippen LogP contribution < -0.4 is 0 Å². The van der Waals surface area contributed by atoms with Gasteiger partial charge in [0.1, 0.15) is 5.78 Å². The van der Waals surface area contributed by atoms with Crippen molar-refractivity contribution in [3.8, 4) is 0 Å². The summed E-state index contributed by atoms with van der Waals surface area (Å²) < 4.78 is 0. The summed E-state index contributed by atoms with van der Waals surface area (Å²) in [5, 5.41) is 13.9. The van der Waals surface area contributed by atoms with Crippen LogP contribution in [0.2, 0.25) is 0 Å². The van der Waals surface area contributed by atoms with Crippen molar-refractivity contribution >= 4 is 11.9 Å². The Labute approximate surface area is 137 Å². The SMILES string of the molecule is Cc1cc(C)c(CC(=O)C2CC3CCC2C3)c(C)c1.O=C(O)O. The molecule has 0 amide bonds. The summed E-state index contributed by atoms with van der Waals surface area (Å²) in [6.07, 6.45) is 3.99. The van der Waals surface area contributed by atoms with Gasteiger partial charge in [0, 0.05) is 12.3 Å². The summed E-state index contributed by atoms with van der Waals surface area (Å²) in [4.78, 5) is 21.1. The Hall–Kier alpha value is -1.84. The molecule has 2 aliphatic rings. The number of Topliss-reactive ketones (excluding diaryl/α,β-unsaturated/α-hetero) is 1. The minimum absolute atomic E-state index is 0.374. The molecule has 0 radical (unpaired) electrons. The molecule has 4 nitrogen and oxygen atoms in total. The van der Waals surface area contributed by atoms with Gasteiger partial charge in [-0.1, -0.05) is 24.1 Å². The van der Waals surface area contributed by atoms with Gasteiger partial charge in [-0.25, -0.2) is 4.79 Å². The Morgan fingerprint density at radius 2 is 1.61 bits per heavy atom. The van der Waals surface area contributed by atoms with E-state index in [9.17, 15) is 4.79 Å². The summed E-state index contributed by atoms with van der Waals surface area (Å²) in [7, 11) is 0. The molecule has 4 heteroatoms.